The number of esters is 2. The molecule has 1 aliphatic heterocycles. The number of amides is 2. The highest BCUT2D eigenvalue weighted by molar-refractivity contribution is 5.97. The Labute approximate surface area is 302 Å². The van der Waals surface area contributed by atoms with E-state index in [1.807, 2.05) is 51.1 Å². The van der Waals surface area contributed by atoms with E-state index in [1.165, 1.54) is 7.11 Å². The molecule has 0 unspecified atom stereocenters. The number of hydrogen-bond donors (Lipinski definition) is 2. The summed E-state index contributed by atoms with van der Waals surface area (Å²) in [5.74, 6) is -0.485. The maximum atomic E-state index is 13.2. The van der Waals surface area contributed by atoms with Gasteiger partial charge in [-0.1, -0.05) is 68.4 Å². The number of ether oxygens (including phenoxy) is 3. The van der Waals surface area contributed by atoms with Crippen LogP contribution in [0.1, 0.15) is 68.9 Å². The predicted molar refractivity (Wildman–Crippen MR) is 193 cm³/mol. The van der Waals surface area contributed by atoms with Gasteiger partial charge in [0.25, 0.3) is 5.91 Å². The summed E-state index contributed by atoms with van der Waals surface area (Å²) in [5, 5.41) is 9.99. The summed E-state index contributed by atoms with van der Waals surface area (Å²) in [6.45, 7) is 10.2. The standard InChI is InChI=1S/C38H44N6O8/c1-7-50-28(45)19-18-27(35(47)51-8-2)39-33(46)25-16-14-24(15-17-25)31-26-20-21-44(22-23-12-10-9-11-13-23)32-29(30(26)43-52-31)34(49-6)41-37(40-32)42-36(48)38(3,4)5/h9-17,27H,7-8,18-22H2,1-6H3,(H,39,46)(H,40,41,42,48)/t27-/m0/s1. The fourth-order valence-electron chi connectivity index (χ4n) is 5.63. The highest BCUT2D eigenvalue weighted by Gasteiger charge is 2.33. The molecule has 0 saturated carbocycles. The Bertz CT molecular complexity index is 1900. The van der Waals surface area contributed by atoms with E-state index in [2.05, 4.69) is 25.7 Å². The second-order valence-electron chi connectivity index (χ2n) is 13.2. The van der Waals surface area contributed by atoms with Crippen LogP contribution in [0.4, 0.5) is 11.8 Å². The Morgan fingerprint density at radius 2 is 1.67 bits per heavy atom. The van der Waals surface area contributed by atoms with Gasteiger partial charge in [-0.2, -0.15) is 9.97 Å². The minimum absolute atomic E-state index is 0.0338. The van der Waals surface area contributed by atoms with Gasteiger partial charge in [0.2, 0.25) is 17.7 Å². The van der Waals surface area contributed by atoms with Crippen molar-refractivity contribution in [3.63, 3.8) is 0 Å². The summed E-state index contributed by atoms with van der Waals surface area (Å²) in [4.78, 5) is 62.1. The first-order valence-corrected chi connectivity index (χ1v) is 17.2. The molecule has 2 N–H and O–H groups in total. The predicted octanol–water partition coefficient (Wildman–Crippen LogP) is 5.36. The maximum Gasteiger partial charge on any atom is 0.328 e. The zero-order chi connectivity index (χ0) is 37.4. The van der Waals surface area contributed by atoms with Gasteiger partial charge in [0.05, 0.1) is 20.3 Å². The number of carbonyl (C=O) groups is 4. The minimum atomic E-state index is -1.03. The van der Waals surface area contributed by atoms with Crippen LogP contribution < -0.4 is 20.3 Å². The Morgan fingerprint density at radius 3 is 2.33 bits per heavy atom. The van der Waals surface area contributed by atoms with Crippen LogP contribution in [0, 0.1) is 5.41 Å². The second-order valence-corrected chi connectivity index (χ2v) is 13.2. The average molecular weight is 713 g/mol. The van der Waals surface area contributed by atoms with Gasteiger partial charge in [-0.05, 0) is 44.4 Å². The molecule has 3 heterocycles. The molecule has 2 amide bonds. The van der Waals surface area contributed by atoms with E-state index in [9.17, 15) is 19.2 Å². The minimum Gasteiger partial charge on any atom is -0.480 e. The van der Waals surface area contributed by atoms with Crippen LogP contribution in [0.15, 0.2) is 59.1 Å². The largest absolute Gasteiger partial charge is 0.480 e. The third-order valence-electron chi connectivity index (χ3n) is 8.36. The van der Waals surface area contributed by atoms with Crippen molar-refractivity contribution < 1.29 is 37.9 Å². The summed E-state index contributed by atoms with van der Waals surface area (Å²) in [7, 11) is 1.50. The molecule has 274 valence electrons. The average Bonchev–Trinajstić information content (AvgIpc) is 3.48. The number of rotatable bonds is 13. The molecule has 1 aliphatic rings. The fraction of sp³-hybridized carbons (Fsp3) is 0.395. The van der Waals surface area contributed by atoms with Crippen molar-refractivity contribution in [2.45, 2.75) is 66.5 Å². The van der Waals surface area contributed by atoms with Crippen molar-refractivity contribution >= 4 is 35.5 Å². The first-order valence-electron chi connectivity index (χ1n) is 17.2. The number of benzene rings is 2. The van der Waals surface area contributed by atoms with Gasteiger partial charge in [-0.25, -0.2) is 4.79 Å². The Balaban J connectivity index is 1.46. The zero-order valence-corrected chi connectivity index (χ0v) is 30.3. The second kappa shape index (κ2) is 16.5. The molecule has 4 aromatic rings. The van der Waals surface area contributed by atoms with Crippen molar-refractivity contribution in [1.29, 1.82) is 0 Å². The van der Waals surface area contributed by atoms with Crippen molar-refractivity contribution in [2.24, 2.45) is 5.41 Å². The van der Waals surface area contributed by atoms with Crippen LogP contribution in [0.25, 0.3) is 22.6 Å². The molecular formula is C38H44N6O8. The molecule has 52 heavy (non-hydrogen) atoms. The van der Waals surface area contributed by atoms with Gasteiger partial charge in [0.15, 0.2) is 5.76 Å². The summed E-state index contributed by atoms with van der Waals surface area (Å²) in [5.41, 5.74) is 3.17. The Kier molecular flexibility index (Phi) is 11.9. The van der Waals surface area contributed by atoms with Gasteiger partial charge in [0.1, 0.15) is 23.1 Å². The molecule has 0 aliphatic carbocycles. The van der Waals surface area contributed by atoms with Gasteiger partial charge < -0.3 is 29.0 Å². The number of nitrogens with one attached hydrogen (secondary N) is 2. The summed E-state index contributed by atoms with van der Waals surface area (Å²) in [6.07, 6.45) is 0.502. The molecule has 0 spiro atoms. The zero-order valence-electron chi connectivity index (χ0n) is 30.3. The molecule has 1 atom stereocenters. The van der Waals surface area contributed by atoms with Crippen LogP contribution in [-0.4, -0.2) is 71.8 Å². The Morgan fingerprint density at radius 1 is 0.962 bits per heavy atom. The smallest absolute Gasteiger partial charge is 0.328 e. The van der Waals surface area contributed by atoms with E-state index in [4.69, 9.17) is 23.7 Å². The first kappa shape index (κ1) is 37.5. The van der Waals surface area contributed by atoms with Crippen molar-refractivity contribution in [1.82, 2.24) is 20.4 Å². The first-order chi connectivity index (χ1) is 24.9. The third-order valence-corrected chi connectivity index (χ3v) is 8.36. The molecule has 0 fully saturated rings. The van der Waals surface area contributed by atoms with E-state index in [0.717, 1.165) is 11.1 Å². The van der Waals surface area contributed by atoms with Gasteiger partial charge in [-0.15, -0.1) is 0 Å². The lowest BCUT2D eigenvalue weighted by molar-refractivity contribution is -0.146. The van der Waals surface area contributed by atoms with Crippen molar-refractivity contribution in [2.75, 3.05) is 37.1 Å². The summed E-state index contributed by atoms with van der Waals surface area (Å²) in [6, 6.07) is 15.6. The molecule has 2 aromatic carbocycles. The number of fused-ring (bicyclic) bond motifs is 3. The molecule has 2 aromatic heterocycles. The van der Waals surface area contributed by atoms with E-state index >= 15 is 0 Å². The molecule has 0 radical (unpaired) electrons. The van der Waals surface area contributed by atoms with Crippen LogP contribution in [0.2, 0.25) is 0 Å². The number of aromatic nitrogens is 3. The Hall–Kier alpha value is -5.79. The van der Waals surface area contributed by atoms with Crippen molar-refractivity contribution in [3.05, 3.63) is 71.3 Å². The number of anilines is 2. The highest BCUT2D eigenvalue weighted by Crippen LogP contribution is 2.44. The van der Waals surface area contributed by atoms with Gasteiger partial charge in [0, 0.05) is 41.6 Å². The maximum absolute atomic E-state index is 13.2. The molecule has 0 saturated heterocycles. The van der Waals surface area contributed by atoms with Crippen LogP contribution >= 0.6 is 0 Å². The number of hydrogen-bond acceptors (Lipinski definition) is 12. The SMILES string of the molecule is CCOC(=O)CC[C@H](NC(=O)c1ccc(-c2onc3c2CCN(Cc2ccccc2)c2nc(NC(=O)C(C)(C)C)nc(OC)c2-3)cc1)C(=O)OCC. The van der Waals surface area contributed by atoms with Crippen molar-refractivity contribution in [3.8, 4) is 28.5 Å². The molecule has 0 bridgehead atoms. The molecule has 14 nitrogen and oxygen atoms in total. The van der Waals surface area contributed by atoms with Crippen LogP contribution in [0.3, 0.4) is 0 Å². The molecule has 14 heteroatoms. The van der Waals surface area contributed by atoms with E-state index in [1.54, 1.807) is 38.1 Å². The lowest BCUT2D eigenvalue weighted by Gasteiger charge is -2.25. The van der Waals surface area contributed by atoms with Gasteiger partial charge in [-0.3, -0.25) is 19.7 Å². The normalized spacial score (nSPS) is 12.8. The highest BCUT2D eigenvalue weighted by atomic mass is 16.5. The van der Waals surface area contributed by atoms with Crippen LogP contribution in [-0.2, 0) is 36.8 Å². The van der Waals surface area contributed by atoms with Crippen LogP contribution in [0.5, 0.6) is 5.88 Å². The summed E-state index contributed by atoms with van der Waals surface area (Å²) < 4.78 is 21.8. The fourth-order valence-corrected chi connectivity index (χ4v) is 5.63. The molecule has 5 rings (SSSR count). The summed E-state index contributed by atoms with van der Waals surface area (Å²) >= 11 is 0. The van der Waals surface area contributed by atoms with Gasteiger partial charge >= 0.3 is 11.9 Å². The third kappa shape index (κ3) is 8.74. The van der Waals surface area contributed by atoms with E-state index in [-0.39, 0.29) is 43.8 Å². The quantitative estimate of drug-likeness (QED) is 0.170. The lowest BCUT2D eigenvalue weighted by Crippen LogP contribution is -2.42. The molecular weight excluding hydrogens is 668 g/mol. The van der Waals surface area contributed by atoms with E-state index < -0.39 is 29.3 Å². The monoisotopic (exact) mass is 712 g/mol. The lowest BCUT2D eigenvalue weighted by atomic mass is 9.96. The number of methoxy groups -OCH3 is 1. The number of nitrogens with zero attached hydrogens (tertiary/aromatic N) is 4. The number of carbonyl (C=O) groups excluding carboxylic acids is 4. The van der Waals surface area contributed by atoms with E-state index in [0.29, 0.717) is 53.5 Å². The topological polar surface area (TPSA) is 175 Å².